The molecule has 1 N–H and O–H groups in total. The first-order chi connectivity index (χ1) is 14.0. The predicted molar refractivity (Wildman–Crippen MR) is 111 cm³/mol. The Morgan fingerprint density at radius 3 is 2.34 bits per heavy atom. The summed E-state index contributed by atoms with van der Waals surface area (Å²) in [6, 6.07) is 16.7. The van der Waals surface area contributed by atoms with E-state index in [2.05, 4.69) is 17.3 Å². The maximum atomic E-state index is 12.2. The number of carbonyl (C=O) groups is 2. The second-order valence-corrected chi connectivity index (χ2v) is 6.89. The van der Waals surface area contributed by atoms with Gasteiger partial charge in [-0.05, 0) is 61.7 Å². The fourth-order valence-electron chi connectivity index (χ4n) is 3.00. The molecule has 6 heteroatoms. The Morgan fingerprint density at radius 1 is 1.07 bits per heavy atom. The molecule has 0 fully saturated rings. The van der Waals surface area contributed by atoms with Gasteiger partial charge in [0.25, 0.3) is 5.91 Å². The fraction of sp³-hybridized carbons (Fsp3) is 0.261. The molecule has 0 radical (unpaired) electrons. The van der Waals surface area contributed by atoms with Crippen LogP contribution in [0.2, 0.25) is 0 Å². The summed E-state index contributed by atoms with van der Waals surface area (Å²) in [5.41, 5.74) is 4.48. The van der Waals surface area contributed by atoms with Gasteiger partial charge in [-0.1, -0.05) is 31.2 Å². The summed E-state index contributed by atoms with van der Waals surface area (Å²) in [5.74, 6) is -0.877. The van der Waals surface area contributed by atoms with Crippen LogP contribution in [0.4, 0.5) is 0 Å². The fourth-order valence-corrected chi connectivity index (χ4v) is 3.00. The van der Waals surface area contributed by atoms with Crippen molar-refractivity contribution in [2.24, 2.45) is 0 Å². The largest absolute Gasteiger partial charge is 0.452 e. The molecule has 0 aliphatic heterocycles. The van der Waals surface area contributed by atoms with Crippen LogP contribution in [0.25, 0.3) is 5.69 Å². The number of hydrogen-bond donors (Lipinski definition) is 1. The van der Waals surface area contributed by atoms with Crippen LogP contribution in [0.1, 0.15) is 47.1 Å². The zero-order valence-electron chi connectivity index (χ0n) is 16.9. The molecule has 0 spiro atoms. The van der Waals surface area contributed by atoms with Crippen LogP contribution in [-0.4, -0.2) is 28.3 Å². The molecule has 150 valence electrons. The lowest BCUT2D eigenvalue weighted by Gasteiger charge is -2.15. The molecule has 1 atom stereocenters. The number of amides is 1. The average Bonchev–Trinajstić information content (AvgIpc) is 3.18. The third-order valence-electron chi connectivity index (χ3n) is 4.78. The molecule has 6 nitrogen and oxygen atoms in total. The minimum Gasteiger partial charge on any atom is -0.452 e. The summed E-state index contributed by atoms with van der Waals surface area (Å²) in [5, 5.41) is 7.08. The Balaban J connectivity index is 1.51. The summed E-state index contributed by atoms with van der Waals surface area (Å²) in [6.07, 6.45) is 2.69. The molecule has 1 aromatic heterocycles. The molecule has 1 heterocycles. The zero-order valence-corrected chi connectivity index (χ0v) is 16.9. The van der Waals surface area contributed by atoms with Gasteiger partial charge < -0.3 is 10.1 Å². The van der Waals surface area contributed by atoms with E-state index in [-0.39, 0.29) is 18.6 Å². The number of nitrogens with one attached hydrogen (secondary N) is 1. The molecule has 1 unspecified atom stereocenters. The van der Waals surface area contributed by atoms with E-state index in [1.165, 1.54) is 5.56 Å². The van der Waals surface area contributed by atoms with E-state index in [9.17, 15) is 9.59 Å². The van der Waals surface area contributed by atoms with Crippen LogP contribution < -0.4 is 5.32 Å². The molecule has 3 aromatic rings. The number of nitrogens with zero attached hydrogens (tertiary/aromatic N) is 2. The van der Waals surface area contributed by atoms with Crippen molar-refractivity contribution in [3.05, 3.63) is 83.2 Å². The van der Waals surface area contributed by atoms with Crippen molar-refractivity contribution < 1.29 is 14.3 Å². The topological polar surface area (TPSA) is 73.2 Å². The van der Waals surface area contributed by atoms with E-state index in [1.807, 2.05) is 44.2 Å². The van der Waals surface area contributed by atoms with Crippen LogP contribution in [0.3, 0.4) is 0 Å². The van der Waals surface area contributed by atoms with Gasteiger partial charge >= 0.3 is 5.97 Å². The Labute approximate surface area is 170 Å². The van der Waals surface area contributed by atoms with Gasteiger partial charge in [-0.25, -0.2) is 9.48 Å². The number of ether oxygens (including phenoxy) is 1. The highest BCUT2D eigenvalue weighted by molar-refractivity contribution is 5.91. The van der Waals surface area contributed by atoms with Crippen molar-refractivity contribution in [3.8, 4) is 5.69 Å². The van der Waals surface area contributed by atoms with Crippen molar-refractivity contribution in [1.82, 2.24) is 15.1 Å². The number of rotatable bonds is 7. The number of aryl methyl sites for hydroxylation is 2. The van der Waals surface area contributed by atoms with Gasteiger partial charge in [-0.3, -0.25) is 4.79 Å². The standard InChI is InChI=1S/C23H25N3O3/c1-4-18-5-7-19(8-6-18)17(3)25-22(27)15-29-23(28)20-9-11-21(12-10-20)26-16(2)13-14-24-26/h5-14,17H,4,15H2,1-3H3,(H,25,27). The van der Waals surface area contributed by atoms with E-state index in [1.54, 1.807) is 35.1 Å². The Morgan fingerprint density at radius 2 is 1.76 bits per heavy atom. The summed E-state index contributed by atoms with van der Waals surface area (Å²) in [7, 11) is 0. The zero-order chi connectivity index (χ0) is 20.8. The lowest BCUT2D eigenvalue weighted by molar-refractivity contribution is -0.124. The second-order valence-electron chi connectivity index (χ2n) is 6.89. The number of carbonyl (C=O) groups excluding carboxylic acids is 2. The Kier molecular flexibility index (Phi) is 6.44. The van der Waals surface area contributed by atoms with Crippen molar-refractivity contribution in [2.45, 2.75) is 33.2 Å². The molecule has 0 aliphatic rings. The SMILES string of the molecule is CCc1ccc(C(C)NC(=O)COC(=O)c2ccc(-n3nccc3C)cc2)cc1. The van der Waals surface area contributed by atoms with Crippen LogP contribution in [0.15, 0.2) is 60.8 Å². The molecule has 2 aromatic carbocycles. The highest BCUT2D eigenvalue weighted by Crippen LogP contribution is 2.14. The average molecular weight is 391 g/mol. The molecule has 3 rings (SSSR count). The third kappa shape index (κ3) is 5.10. The molecule has 1 amide bonds. The van der Waals surface area contributed by atoms with E-state index in [4.69, 9.17) is 4.74 Å². The summed E-state index contributed by atoms with van der Waals surface area (Å²) in [6.45, 7) is 5.63. The summed E-state index contributed by atoms with van der Waals surface area (Å²) in [4.78, 5) is 24.3. The highest BCUT2D eigenvalue weighted by Gasteiger charge is 2.13. The minimum atomic E-state index is -0.538. The smallest absolute Gasteiger partial charge is 0.338 e. The van der Waals surface area contributed by atoms with Gasteiger partial charge in [0.05, 0.1) is 17.3 Å². The Bertz CT molecular complexity index is 975. The van der Waals surface area contributed by atoms with Crippen molar-refractivity contribution in [3.63, 3.8) is 0 Å². The second kappa shape index (κ2) is 9.19. The van der Waals surface area contributed by atoms with E-state index >= 15 is 0 Å². The first kappa shape index (κ1) is 20.3. The first-order valence-corrected chi connectivity index (χ1v) is 9.64. The van der Waals surface area contributed by atoms with Crippen LogP contribution in [0.5, 0.6) is 0 Å². The molecule has 0 saturated heterocycles. The molecular weight excluding hydrogens is 366 g/mol. The van der Waals surface area contributed by atoms with E-state index in [0.717, 1.165) is 23.4 Å². The number of hydrogen-bond acceptors (Lipinski definition) is 4. The Hall–Kier alpha value is -3.41. The molecule has 0 bridgehead atoms. The number of benzene rings is 2. The molecule has 0 saturated carbocycles. The maximum absolute atomic E-state index is 12.2. The lowest BCUT2D eigenvalue weighted by Crippen LogP contribution is -2.31. The van der Waals surface area contributed by atoms with Crippen molar-refractivity contribution in [2.75, 3.05) is 6.61 Å². The third-order valence-corrected chi connectivity index (χ3v) is 4.78. The van der Waals surface area contributed by atoms with Crippen molar-refractivity contribution >= 4 is 11.9 Å². The predicted octanol–water partition coefficient (Wildman–Crippen LogP) is 3.78. The van der Waals surface area contributed by atoms with Crippen LogP contribution in [-0.2, 0) is 16.0 Å². The number of aromatic nitrogens is 2. The van der Waals surface area contributed by atoms with Crippen LogP contribution >= 0.6 is 0 Å². The maximum Gasteiger partial charge on any atom is 0.338 e. The quantitative estimate of drug-likeness (QED) is 0.622. The van der Waals surface area contributed by atoms with Crippen LogP contribution in [0, 0.1) is 6.92 Å². The minimum absolute atomic E-state index is 0.163. The first-order valence-electron chi connectivity index (χ1n) is 9.64. The molecule has 29 heavy (non-hydrogen) atoms. The van der Waals surface area contributed by atoms with Crippen molar-refractivity contribution in [1.29, 1.82) is 0 Å². The molecule has 0 aliphatic carbocycles. The highest BCUT2D eigenvalue weighted by atomic mass is 16.5. The van der Waals surface area contributed by atoms with Gasteiger partial charge in [0, 0.05) is 11.9 Å². The van der Waals surface area contributed by atoms with E-state index < -0.39 is 5.97 Å². The monoisotopic (exact) mass is 391 g/mol. The number of esters is 1. The van der Waals surface area contributed by atoms with Gasteiger partial charge in [-0.15, -0.1) is 0 Å². The summed E-state index contributed by atoms with van der Waals surface area (Å²) >= 11 is 0. The van der Waals surface area contributed by atoms with Gasteiger partial charge in [0.2, 0.25) is 0 Å². The lowest BCUT2D eigenvalue weighted by atomic mass is 10.1. The van der Waals surface area contributed by atoms with Gasteiger partial charge in [0.15, 0.2) is 6.61 Å². The van der Waals surface area contributed by atoms with E-state index in [0.29, 0.717) is 5.56 Å². The summed E-state index contributed by atoms with van der Waals surface area (Å²) < 4.78 is 6.92. The normalized spacial score (nSPS) is 11.7. The van der Waals surface area contributed by atoms with Gasteiger partial charge in [-0.2, -0.15) is 5.10 Å². The van der Waals surface area contributed by atoms with Gasteiger partial charge in [0.1, 0.15) is 0 Å². The molecular formula is C23H25N3O3.